The largest absolute Gasteiger partial charge is 0.480 e. The van der Waals surface area contributed by atoms with E-state index in [0.717, 1.165) is 0 Å². The molecule has 6 nitrogen and oxygen atoms in total. The van der Waals surface area contributed by atoms with Gasteiger partial charge in [0.1, 0.15) is 6.04 Å². The molecule has 0 saturated carbocycles. The van der Waals surface area contributed by atoms with E-state index >= 15 is 0 Å². The number of ether oxygens (including phenoxy) is 1. The first kappa shape index (κ1) is 11.9. The number of carboxylic acids is 1. The van der Waals surface area contributed by atoms with E-state index in [1.54, 1.807) is 6.92 Å². The second kappa shape index (κ2) is 5.09. The maximum atomic E-state index is 11.6. The Balaban J connectivity index is 2.50. The molecule has 0 aliphatic carbocycles. The summed E-state index contributed by atoms with van der Waals surface area (Å²) in [6, 6.07) is -1.23. The molecule has 0 aromatic rings. The summed E-state index contributed by atoms with van der Waals surface area (Å²) >= 11 is 0. The predicted molar refractivity (Wildman–Crippen MR) is 50.2 cm³/mol. The van der Waals surface area contributed by atoms with Crippen LogP contribution in [0.1, 0.15) is 13.3 Å². The van der Waals surface area contributed by atoms with Gasteiger partial charge in [-0.1, -0.05) is 0 Å². The van der Waals surface area contributed by atoms with Crippen LogP contribution in [0.2, 0.25) is 0 Å². The number of hydrogen-bond donors (Lipinski definition) is 3. The van der Waals surface area contributed by atoms with Crippen molar-refractivity contribution in [2.75, 3.05) is 13.2 Å². The summed E-state index contributed by atoms with van der Waals surface area (Å²) in [5.74, 6) is -1.93. The van der Waals surface area contributed by atoms with Gasteiger partial charge < -0.3 is 20.3 Å². The molecule has 3 atom stereocenters. The summed E-state index contributed by atoms with van der Waals surface area (Å²) in [4.78, 5) is 22.1. The van der Waals surface area contributed by atoms with E-state index in [2.05, 4.69) is 5.32 Å². The zero-order valence-corrected chi connectivity index (χ0v) is 8.47. The maximum absolute atomic E-state index is 11.6. The lowest BCUT2D eigenvalue weighted by molar-refractivity contribution is -0.143. The van der Waals surface area contributed by atoms with Crippen LogP contribution in [0.15, 0.2) is 0 Å². The quantitative estimate of drug-likeness (QED) is 0.559. The molecule has 0 radical (unpaired) electrons. The van der Waals surface area contributed by atoms with Crippen LogP contribution in [0.4, 0.5) is 0 Å². The fourth-order valence-electron chi connectivity index (χ4n) is 1.54. The number of carbonyl (C=O) groups is 2. The first-order valence-corrected chi connectivity index (χ1v) is 4.82. The molecule has 2 unspecified atom stereocenters. The number of aliphatic hydroxyl groups excluding tert-OH is 1. The lowest BCUT2D eigenvalue weighted by Crippen LogP contribution is -2.46. The maximum Gasteiger partial charge on any atom is 0.328 e. The fourth-order valence-corrected chi connectivity index (χ4v) is 1.54. The third kappa shape index (κ3) is 2.90. The number of aliphatic hydroxyl groups is 1. The van der Waals surface area contributed by atoms with Crippen molar-refractivity contribution < 1.29 is 24.5 Å². The molecule has 1 rings (SSSR count). The molecule has 6 heteroatoms. The van der Waals surface area contributed by atoms with Crippen LogP contribution in [0, 0.1) is 5.92 Å². The molecule has 86 valence electrons. The zero-order chi connectivity index (χ0) is 11.4. The minimum Gasteiger partial charge on any atom is -0.480 e. The lowest BCUT2D eigenvalue weighted by atomic mass is 10.0. The van der Waals surface area contributed by atoms with Gasteiger partial charge in [-0.15, -0.1) is 0 Å². The third-order valence-corrected chi connectivity index (χ3v) is 2.51. The van der Waals surface area contributed by atoms with Gasteiger partial charge in [-0.05, 0) is 13.3 Å². The van der Waals surface area contributed by atoms with Gasteiger partial charge in [-0.3, -0.25) is 4.79 Å². The number of carbonyl (C=O) groups excluding carboxylic acids is 1. The summed E-state index contributed by atoms with van der Waals surface area (Å²) in [5, 5.41) is 19.6. The minimum absolute atomic E-state index is 0.196. The average Bonchev–Trinajstić information content (AvgIpc) is 2.60. The van der Waals surface area contributed by atoms with Crippen molar-refractivity contribution in [2.45, 2.75) is 25.5 Å². The Labute approximate surface area is 87.2 Å². The van der Waals surface area contributed by atoms with E-state index in [4.69, 9.17) is 14.9 Å². The van der Waals surface area contributed by atoms with Crippen LogP contribution < -0.4 is 5.32 Å². The van der Waals surface area contributed by atoms with E-state index in [1.165, 1.54) is 0 Å². The SMILES string of the molecule is CC1OCCC1C(=O)N[C@H](CO)C(=O)O. The first-order valence-electron chi connectivity index (χ1n) is 4.82. The van der Waals surface area contributed by atoms with Crippen molar-refractivity contribution in [3.63, 3.8) is 0 Å². The number of carboxylic acid groups (broad SMARTS) is 1. The lowest BCUT2D eigenvalue weighted by Gasteiger charge is -2.17. The van der Waals surface area contributed by atoms with E-state index in [0.29, 0.717) is 13.0 Å². The molecular formula is C9H15NO5. The highest BCUT2D eigenvalue weighted by Gasteiger charge is 2.32. The van der Waals surface area contributed by atoms with Crippen molar-refractivity contribution in [1.29, 1.82) is 0 Å². The number of amides is 1. The topological polar surface area (TPSA) is 95.9 Å². The monoisotopic (exact) mass is 217 g/mol. The Hall–Kier alpha value is -1.14. The average molecular weight is 217 g/mol. The van der Waals surface area contributed by atoms with Crippen LogP contribution in [0.5, 0.6) is 0 Å². The molecule has 1 amide bonds. The second-order valence-corrected chi connectivity index (χ2v) is 3.55. The van der Waals surface area contributed by atoms with Crippen LogP contribution >= 0.6 is 0 Å². The van der Waals surface area contributed by atoms with Gasteiger partial charge in [-0.2, -0.15) is 0 Å². The van der Waals surface area contributed by atoms with Gasteiger partial charge in [0.05, 0.1) is 18.6 Å². The van der Waals surface area contributed by atoms with Gasteiger partial charge in [0.15, 0.2) is 0 Å². The predicted octanol–water partition coefficient (Wildman–Crippen LogP) is -1.03. The van der Waals surface area contributed by atoms with Crippen molar-refractivity contribution in [3.8, 4) is 0 Å². The van der Waals surface area contributed by atoms with Gasteiger partial charge >= 0.3 is 5.97 Å². The minimum atomic E-state index is -1.24. The summed E-state index contributed by atoms with van der Waals surface area (Å²) in [5.41, 5.74) is 0. The van der Waals surface area contributed by atoms with Crippen molar-refractivity contribution in [3.05, 3.63) is 0 Å². The van der Waals surface area contributed by atoms with Crippen molar-refractivity contribution in [2.24, 2.45) is 5.92 Å². The Morgan fingerprint density at radius 2 is 2.27 bits per heavy atom. The van der Waals surface area contributed by atoms with E-state index in [-0.39, 0.29) is 17.9 Å². The summed E-state index contributed by atoms with van der Waals surface area (Å²) in [6.07, 6.45) is 0.392. The highest BCUT2D eigenvalue weighted by Crippen LogP contribution is 2.20. The number of rotatable bonds is 4. The first-order chi connectivity index (χ1) is 7.06. The normalized spacial score (nSPS) is 27.3. The highest BCUT2D eigenvalue weighted by molar-refractivity contribution is 5.85. The van der Waals surface area contributed by atoms with Gasteiger partial charge in [0.2, 0.25) is 5.91 Å². The van der Waals surface area contributed by atoms with Gasteiger partial charge in [-0.25, -0.2) is 4.79 Å². The van der Waals surface area contributed by atoms with Crippen molar-refractivity contribution in [1.82, 2.24) is 5.32 Å². The van der Waals surface area contributed by atoms with Gasteiger partial charge in [0.25, 0.3) is 0 Å². The molecule has 0 aromatic heterocycles. The van der Waals surface area contributed by atoms with E-state index in [1.807, 2.05) is 0 Å². The Morgan fingerprint density at radius 3 is 2.67 bits per heavy atom. The van der Waals surface area contributed by atoms with Gasteiger partial charge in [0, 0.05) is 6.61 Å². The molecule has 1 heterocycles. The molecule has 0 spiro atoms. The fraction of sp³-hybridized carbons (Fsp3) is 0.778. The Bertz CT molecular complexity index is 255. The molecule has 1 aliphatic heterocycles. The van der Waals surface area contributed by atoms with Crippen molar-refractivity contribution >= 4 is 11.9 Å². The molecule has 3 N–H and O–H groups in total. The van der Waals surface area contributed by atoms with E-state index in [9.17, 15) is 9.59 Å². The van der Waals surface area contributed by atoms with Crippen LogP contribution in [-0.4, -0.2) is 47.4 Å². The smallest absolute Gasteiger partial charge is 0.328 e. The third-order valence-electron chi connectivity index (χ3n) is 2.51. The van der Waals surface area contributed by atoms with Crippen LogP contribution in [0.3, 0.4) is 0 Å². The number of hydrogen-bond acceptors (Lipinski definition) is 4. The number of nitrogens with one attached hydrogen (secondary N) is 1. The molecule has 15 heavy (non-hydrogen) atoms. The summed E-state index contributed by atoms with van der Waals surface area (Å²) < 4.78 is 5.19. The highest BCUT2D eigenvalue weighted by atomic mass is 16.5. The zero-order valence-electron chi connectivity index (χ0n) is 8.47. The van der Waals surface area contributed by atoms with Crippen LogP contribution in [-0.2, 0) is 14.3 Å². The molecule has 1 saturated heterocycles. The molecule has 1 fully saturated rings. The second-order valence-electron chi connectivity index (χ2n) is 3.55. The van der Waals surface area contributed by atoms with Crippen LogP contribution in [0.25, 0.3) is 0 Å². The Morgan fingerprint density at radius 1 is 1.60 bits per heavy atom. The molecular weight excluding hydrogens is 202 g/mol. The Kier molecular flexibility index (Phi) is 4.05. The summed E-state index contributed by atoms with van der Waals surface area (Å²) in [6.45, 7) is 1.67. The molecule has 0 aromatic carbocycles. The molecule has 0 bridgehead atoms. The van der Waals surface area contributed by atoms with E-state index < -0.39 is 18.6 Å². The molecule has 1 aliphatic rings. The number of aliphatic carboxylic acids is 1. The summed E-state index contributed by atoms with van der Waals surface area (Å²) in [7, 11) is 0. The standard InChI is InChI=1S/C9H15NO5/c1-5-6(2-3-15-5)8(12)10-7(4-11)9(13)14/h5-7,11H,2-4H2,1H3,(H,10,12)(H,13,14)/t5?,6?,7-/m1/s1.